The topological polar surface area (TPSA) is 79.5 Å². The third-order valence-corrected chi connectivity index (χ3v) is 4.62. The maximum Gasteiger partial charge on any atom is 0.273 e. The first-order valence-electron chi connectivity index (χ1n) is 9.59. The Kier molecular flexibility index (Phi) is 5.96. The van der Waals surface area contributed by atoms with E-state index in [1.54, 1.807) is 53.3 Å². The minimum Gasteiger partial charge on any atom is -0.378 e. The Morgan fingerprint density at radius 3 is 2.32 bits per heavy atom. The van der Waals surface area contributed by atoms with Crippen LogP contribution in [0.4, 0.5) is 4.39 Å². The van der Waals surface area contributed by atoms with E-state index in [0.29, 0.717) is 22.4 Å². The Balaban J connectivity index is 1.59. The second-order valence-corrected chi connectivity index (χ2v) is 6.77. The van der Waals surface area contributed by atoms with E-state index < -0.39 is 12.0 Å². The largest absolute Gasteiger partial charge is 0.378 e. The molecule has 1 aromatic heterocycles. The van der Waals surface area contributed by atoms with Crippen LogP contribution in [0.15, 0.2) is 96.2 Å². The summed E-state index contributed by atoms with van der Waals surface area (Å²) < 4.78 is 15.0. The van der Waals surface area contributed by atoms with Gasteiger partial charge in [0.1, 0.15) is 11.5 Å². The average Bonchev–Trinajstić information content (AvgIpc) is 3.24. The number of carbonyl (C=O) groups is 1. The number of benzene rings is 3. The minimum atomic E-state index is -1.33. The number of carbonyl (C=O) groups excluding carboxylic acids is 1. The van der Waals surface area contributed by atoms with Crippen LogP contribution in [-0.2, 0) is 4.79 Å². The average molecular weight is 414 g/mol. The molecule has 0 radical (unpaired) electrons. The molecule has 6 nitrogen and oxygen atoms in total. The highest BCUT2D eigenvalue weighted by molar-refractivity contribution is 5.90. The van der Waals surface area contributed by atoms with Gasteiger partial charge in [-0.05, 0) is 42.0 Å². The molecule has 0 saturated carbocycles. The second kappa shape index (κ2) is 9.15. The van der Waals surface area contributed by atoms with Gasteiger partial charge < -0.3 is 5.11 Å². The van der Waals surface area contributed by atoms with Gasteiger partial charge in [0.15, 0.2) is 6.10 Å². The number of para-hydroxylation sites is 1. The number of amides is 1. The van der Waals surface area contributed by atoms with Crippen LogP contribution in [0.1, 0.15) is 17.2 Å². The Morgan fingerprint density at radius 1 is 1.00 bits per heavy atom. The molecule has 154 valence electrons. The van der Waals surface area contributed by atoms with E-state index in [1.807, 2.05) is 30.3 Å². The van der Waals surface area contributed by atoms with Crippen molar-refractivity contribution in [1.29, 1.82) is 0 Å². The normalized spacial score (nSPS) is 12.1. The van der Waals surface area contributed by atoms with E-state index in [9.17, 15) is 14.3 Å². The summed E-state index contributed by atoms with van der Waals surface area (Å²) in [5.74, 6) is -0.996. The fourth-order valence-electron chi connectivity index (χ4n) is 3.04. The third-order valence-electron chi connectivity index (χ3n) is 4.62. The van der Waals surface area contributed by atoms with Crippen molar-refractivity contribution in [3.8, 4) is 16.9 Å². The monoisotopic (exact) mass is 414 g/mol. The molecule has 1 atom stereocenters. The van der Waals surface area contributed by atoms with Crippen molar-refractivity contribution in [1.82, 2.24) is 15.2 Å². The van der Waals surface area contributed by atoms with Crippen molar-refractivity contribution in [3.63, 3.8) is 0 Å². The van der Waals surface area contributed by atoms with Gasteiger partial charge in [-0.15, -0.1) is 0 Å². The quantitative estimate of drug-likeness (QED) is 0.371. The highest BCUT2D eigenvalue weighted by Gasteiger charge is 2.16. The summed E-state index contributed by atoms with van der Waals surface area (Å²) in [7, 11) is 0. The molecule has 1 heterocycles. The maximum absolute atomic E-state index is 13.4. The Morgan fingerprint density at radius 2 is 1.65 bits per heavy atom. The van der Waals surface area contributed by atoms with Crippen LogP contribution in [-0.4, -0.2) is 27.0 Å². The van der Waals surface area contributed by atoms with E-state index in [0.717, 1.165) is 5.69 Å². The van der Waals surface area contributed by atoms with Gasteiger partial charge in [0.25, 0.3) is 5.91 Å². The van der Waals surface area contributed by atoms with Gasteiger partial charge >= 0.3 is 0 Å². The zero-order valence-electron chi connectivity index (χ0n) is 16.4. The number of aliphatic hydroxyl groups excluding tert-OH is 1. The number of rotatable bonds is 6. The zero-order chi connectivity index (χ0) is 21.6. The predicted octanol–water partition coefficient (Wildman–Crippen LogP) is 3.86. The highest BCUT2D eigenvalue weighted by atomic mass is 19.1. The van der Waals surface area contributed by atoms with E-state index in [4.69, 9.17) is 0 Å². The second-order valence-electron chi connectivity index (χ2n) is 6.77. The molecular formula is C24H19FN4O2. The van der Waals surface area contributed by atoms with Crippen molar-refractivity contribution in [2.75, 3.05) is 0 Å². The summed E-state index contributed by atoms with van der Waals surface area (Å²) in [5.41, 5.74) is 5.56. The summed E-state index contributed by atoms with van der Waals surface area (Å²) >= 11 is 0. The van der Waals surface area contributed by atoms with Crippen molar-refractivity contribution in [2.45, 2.75) is 6.10 Å². The summed E-state index contributed by atoms with van der Waals surface area (Å²) in [6.07, 6.45) is 1.87. The molecule has 2 N–H and O–H groups in total. The minimum absolute atomic E-state index is 0.344. The molecule has 0 saturated heterocycles. The molecular weight excluding hydrogens is 395 g/mol. The fourth-order valence-corrected chi connectivity index (χ4v) is 3.04. The lowest BCUT2D eigenvalue weighted by molar-refractivity contribution is -0.129. The number of hydrogen-bond donors (Lipinski definition) is 2. The number of nitrogens with one attached hydrogen (secondary N) is 1. The maximum atomic E-state index is 13.4. The van der Waals surface area contributed by atoms with Crippen LogP contribution in [0.2, 0.25) is 0 Å². The summed E-state index contributed by atoms with van der Waals surface area (Å²) in [4.78, 5) is 12.2. The number of hydrogen-bond acceptors (Lipinski definition) is 4. The Labute approximate surface area is 178 Å². The van der Waals surface area contributed by atoms with E-state index in [1.165, 1.54) is 18.3 Å². The zero-order valence-corrected chi connectivity index (χ0v) is 16.4. The SMILES string of the molecule is O=C(N/N=C\c1cn(-c2ccccc2)nc1-c1ccc(F)cc1)[C@H](O)c1ccccc1. The summed E-state index contributed by atoms with van der Waals surface area (Å²) in [6.45, 7) is 0. The highest BCUT2D eigenvalue weighted by Crippen LogP contribution is 2.23. The van der Waals surface area contributed by atoms with Crippen LogP contribution in [0.25, 0.3) is 16.9 Å². The first-order valence-corrected chi connectivity index (χ1v) is 9.59. The number of nitrogens with zero attached hydrogens (tertiary/aromatic N) is 3. The van der Waals surface area contributed by atoms with Crippen molar-refractivity contribution in [3.05, 3.63) is 108 Å². The predicted molar refractivity (Wildman–Crippen MR) is 116 cm³/mol. The fraction of sp³-hybridized carbons (Fsp3) is 0.0417. The molecule has 4 aromatic rings. The van der Waals surface area contributed by atoms with Crippen LogP contribution in [0.5, 0.6) is 0 Å². The third kappa shape index (κ3) is 4.73. The lowest BCUT2D eigenvalue weighted by atomic mass is 10.1. The molecule has 31 heavy (non-hydrogen) atoms. The molecule has 0 unspecified atom stereocenters. The van der Waals surface area contributed by atoms with Gasteiger partial charge in [-0.2, -0.15) is 10.2 Å². The summed E-state index contributed by atoms with van der Waals surface area (Å²) in [6, 6.07) is 24.1. The van der Waals surface area contributed by atoms with Gasteiger partial charge in [0, 0.05) is 17.3 Å². The van der Waals surface area contributed by atoms with Gasteiger partial charge in [-0.25, -0.2) is 14.5 Å². The van der Waals surface area contributed by atoms with Gasteiger partial charge in [0.2, 0.25) is 0 Å². The van der Waals surface area contributed by atoms with Gasteiger partial charge in [-0.1, -0.05) is 48.5 Å². The van der Waals surface area contributed by atoms with Crippen molar-refractivity contribution >= 4 is 12.1 Å². The van der Waals surface area contributed by atoms with Crippen LogP contribution >= 0.6 is 0 Å². The number of halogens is 1. The lowest BCUT2D eigenvalue weighted by Gasteiger charge is -2.08. The molecule has 0 fully saturated rings. The standard InChI is InChI=1S/C24H19FN4O2/c25-20-13-11-17(12-14-20)22-19(16-29(28-22)21-9-5-2-6-10-21)15-26-27-24(31)23(30)18-7-3-1-4-8-18/h1-16,23,30H,(H,27,31)/b26-15-/t23-/m1/s1. The van der Waals surface area contributed by atoms with Crippen LogP contribution < -0.4 is 5.43 Å². The van der Waals surface area contributed by atoms with Gasteiger partial charge in [0.05, 0.1) is 11.9 Å². The molecule has 0 bridgehead atoms. The number of aliphatic hydroxyl groups is 1. The van der Waals surface area contributed by atoms with E-state index in [-0.39, 0.29) is 5.82 Å². The first kappa shape index (κ1) is 20.2. The van der Waals surface area contributed by atoms with Crippen molar-refractivity contribution < 1.29 is 14.3 Å². The number of aromatic nitrogens is 2. The smallest absolute Gasteiger partial charge is 0.273 e. The molecule has 0 spiro atoms. The number of hydrazone groups is 1. The molecule has 0 aliphatic rings. The molecule has 3 aromatic carbocycles. The Bertz CT molecular complexity index is 1190. The first-order chi connectivity index (χ1) is 15.1. The van der Waals surface area contributed by atoms with Crippen molar-refractivity contribution in [2.24, 2.45) is 5.10 Å². The molecule has 0 aliphatic carbocycles. The molecule has 4 rings (SSSR count). The van der Waals surface area contributed by atoms with E-state index >= 15 is 0 Å². The van der Waals surface area contributed by atoms with E-state index in [2.05, 4.69) is 15.6 Å². The molecule has 1 amide bonds. The lowest BCUT2D eigenvalue weighted by Crippen LogP contribution is -2.25. The summed E-state index contributed by atoms with van der Waals surface area (Å²) in [5, 5.41) is 18.7. The molecule has 0 aliphatic heterocycles. The Hall–Kier alpha value is -4.10. The molecule has 7 heteroatoms. The van der Waals surface area contributed by atoms with Crippen LogP contribution in [0.3, 0.4) is 0 Å². The van der Waals surface area contributed by atoms with Gasteiger partial charge in [-0.3, -0.25) is 4.79 Å². The van der Waals surface area contributed by atoms with Crippen LogP contribution in [0, 0.1) is 5.82 Å².